The number of hydrogen-bond donors (Lipinski definition) is 0. The van der Waals surface area contributed by atoms with E-state index in [1.165, 1.54) is 26.0 Å². The second kappa shape index (κ2) is 5.14. The number of para-hydroxylation sites is 1. The normalized spacial score (nSPS) is 29.3. The van der Waals surface area contributed by atoms with Crippen molar-refractivity contribution in [1.29, 1.82) is 0 Å². The summed E-state index contributed by atoms with van der Waals surface area (Å²) in [6.07, 6.45) is -0.305. The van der Waals surface area contributed by atoms with E-state index in [0.717, 1.165) is 11.3 Å². The zero-order valence-electron chi connectivity index (χ0n) is 12.6. The molecule has 2 heterocycles. The summed E-state index contributed by atoms with van der Waals surface area (Å²) in [5, 5.41) is 1.59. The minimum atomic E-state index is -0.906. The summed E-state index contributed by atoms with van der Waals surface area (Å²) in [6, 6.07) is 6.81. The zero-order chi connectivity index (χ0) is 16.1. The van der Waals surface area contributed by atoms with Gasteiger partial charge in [-0.2, -0.15) is 0 Å². The highest BCUT2D eigenvalue weighted by atomic mass is 35.5. The Labute approximate surface area is 133 Å². The average Bonchev–Trinajstić information content (AvgIpc) is 2.94. The molecule has 118 valence electrons. The number of fused-ring (bicyclic) bond motifs is 3. The summed E-state index contributed by atoms with van der Waals surface area (Å²) in [4.78, 5) is 30.2. The van der Waals surface area contributed by atoms with E-state index in [1.54, 1.807) is 5.06 Å². The van der Waals surface area contributed by atoms with Crippen LogP contribution in [0, 0.1) is 0 Å². The van der Waals surface area contributed by atoms with Crippen molar-refractivity contribution >= 4 is 29.2 Å². The first-order chi connectivity index (χ1) is 10.5. The number of hydroxylamine groups is 1. The Morgan fingerprint density at radius 2 is 2.00 bits per heavy atom. The molecule has 0 aromatic heterocycles. The number of anilines is 1. The maximum Gasteiger partial charge on any atom is 0.328 e. The lowest BCUT2D eigenvalue weighted by molar-refractivity contribution is -0.152. The molecule has 0 radical (unpaired) electrons. The monoisotopic (exact) mass is 324 g/mol. The Bertz CT molecular complexity index is 638. The van der Waals surface area contributed by atoms with Crippen LogP contribution in [0.4, 0.5) is 5.69 Å². The molecule has 7 heteroatoms. The van der Waals surface area contributed by atoms with Gasteiger partial charge < -0.3 is 9.64 Å². The molecule has 0 saturated carbocycles. The third kappa shape index (κ3) is 1.84. The molecule has 0 spiro atoms. The molecule has 1 saturated heterocycles. The number of nitrogens with zero attached hydrogens (tertiary/aromatic N) is 2. The fourth-order valence-electron chi connectivity index (χ4n) is 3.50. The summed E-state index contributed by atoms with van der Waals surface area (Å²) in [6.45, 7) is 1.41. The molecule has 2 aliphatic heterocycles. The first-order valence-corrected chi connectivity index (χ1v) is 7.32. The lowest BCUT2D eigenvalue weighted by atomic mass is 9.95. The van der Waals surface area contributed by atoms with Crippen molar-refractivity contribution in [3.05, 3.63) is 29.8 Å². The Morgan fingerprint density at radius 1 is 1.32 bits per heavy atom. The molecule has 1 amide bonds. The lowest BCUT2D eigenvalue weighted by Crippen LogP contribution is -2.52. The van der Waals surface area contributed by atoms with E-state index >= 15 is 0 Å². The molecule has 3 atom stereocenters. The molecule has 0 unspecified atom stereocenters. The third-order valence-corrected chi connectivity index (χ3v) is 4.90. The van der Waals surface area contributed by atoms with Crippen LogP contribution in [0.2, 0.25) is 0 Å². The summed E-state index contributed by atoms with van der Waals surface area (Å²) >= 11 is 6.88. The van der Waals surface area contributed by atoms with Gasteiger partial charge in [0.25, 0.3) is 0 Å². The largest absolute Gasteiger partial charge is 0.467 e. The van der Waals surface area contributed by atoms with E-state index in [-0.39, 0.29) is 12.3 Å². The lowest BCUT2D eigenvalue weighted by Gasteiger charge is -2.34. The molecule has 1 aromatic carbocycles. The number of ether oxygens (including phenoxy) is 1. The fraction of sp³-hybridized carbons (Fsp3) is 0.467. The number of amides is 1. The van der Waals surface area contributed by atoms with Crippen LogP contribution in [0.25, 0.3) is 0 Å². The van der Waals surface area contributed by atoms with Gasteiger partial charge in [-0.15, -0.1) is 11.6 Å². The predicted molar refractivity (Wildman–Crippen MR) is 80.2 cm³/mol. The zero-order valence-corrected chi connectivity index (χ0v) is 13.3. The smallest absolute Gasteiger partial charge is 0.328 e. The van der Waals surface area contributed by atoms with Crippen molar-refractivity contribution in [1.82, 2.24) is 4.90 Å². The fourth-order valence-corrected chi connectivity index (χ4v) is 4.00. The number of methoxy groups -OCH3 is 1. The molecule has 6 nitrogen and oxygen atoms in total. The SMILES string of the molecule is COC(=O)[C@@H]1C[C@@]2(Cl)c3ccccc3N(OC)[C@H]2N1C(C)=O. The molecule has 0 bridgehead atoms. The van der Waals surface area contributed by atoms with Crippen molar-refractivity contribution < 1.29 is 19.2 Å². The molecular formula is C15H17ClN2O4. The van der Waals surface area contributed by atoms with Crippen molar-refractivity contribution in [2.75, 3.05) is 19.3 Å². The molecule has 0 N–H and O–H groups in total. The first-order valence-electron chi connectivity index (χ1n) is 6.94. The number of alkyl halides is 1. The van der Waals surface area contributed by atoms with Gasteiger partial charge in [-0.25, -0.2) is 9.86 Å². The molecular weight excluding hydrogens is 308 g/mol. The van der Waals surface area contributed by atoms with E-state index < -0.39 is 23.1 Å². The van der Waals surface area contributed by atoms with Gasteiger partial charge in [0.1, 0.15) is 10.9 Å². The number of rotatable bonds is 2. The van der Waals surface area contributed by atoms with Crippen LogP contribution in [0.3, 0.4) is 0 Å². The van der Waals surface area contributed by atoms with Crippen LogP contribution >= 0.6 is 11.6 Å². The molecule has 0 aliphatic carbocycles. The van der Waals surface area contributed by atoms with E-state index in [4.69, 9.17) is 21.2 Å². The molecule has 1 fully saturated rings. The van der Waals surface area contributed by atoms with Crippen LogP contribution in [0.5, 0.6) is 0 Å². The van der Waals surface area contributed by atoms with Crippen LogP contribution in [0.15, 0.2) is 24.3 Å². The Morgan fingerprint density at radius 3 is 2.59 bits per heavy atom. The molecule has 22 heavy (non-hydrogen) atoms. The number of esters is 1. The second-order valence-electron chi connectivity index (χ2n) is 5.43. The summed E-state index contributed by atoms with van der Waals surface area (Å²) in [5.74, 6) is -0.726. The number of carbonyl (C=O) groups excluding carboxylic acids is 2. The van der Waals surface area contributed by atoms with Crippen LogP contribution in [-0.4, -0.2) is 43.2 Å². The Kier molecular flexibility index (Phi) is 3.53. The van der Waals surface area contributed by atoms with Crippen molar-refractivity contribution in [3.8, 4) is 0 Å². The molecule has 1 aromatic rings. The van der Waals surface area contributed by atoms with E-state index in [9.17, 15) is 9.59 Å². The first kappa shape index (κ1) is 15.1. The van der Waals surface area contributed by atoms with Crippen LogP contribution in [0.1, 0.15) is 18.9 Å². The topological polar surface area (TPSA) is 59.1 Å². The highest BCUT2D eigenvalue weighted by molar-refractivity contribution is 6.26. The summed E-state index contributed by atoms with van der Waals surface area (Å²) in [7, 11) is 2.82. The van der Waals surface area contributed by atoms with Gasteiger partial charge in [0.15, 0.2) is 6.17 Å². The molecule has 3 rings (SSSR count). The number of benzene rings is 1. The number of halogens is 1. The van der Waals surface area contributed by atoms with Gasteiger partial charge in [0.2, 0.25) is 5.91 Å². The summed E-state index contributed by atoms with van der Waals surface area (Å²) < 4.78 is 4.83. The van der Waals surface area contributed by atoms with Crippen molar-refractivity contribution in [2.45, 2.75) is 30.4 Å². The van der Waals surface area contributed by atoms with Gasteiger partial charge in [-0.3, -0.25) is 9.63 Å². The number of likely N-dealkylation sites (tertiary alicyclic amines) is 1. The average molecular weight is 325 g/mol. The van der Waals surface area contributed by atoms with Crippen molar-refractivity contribution in [2.24, 2.45) is 0 Å². The summed E-state index contributed by atoms with van der Waals surface area (Å²) in [5.41, 5.74) is 1.65. The number of hydrogen-bond acceptors (Lipinski definition) is 5. The van der Waals surface area contributed by atoms with Gasteiger partial charge in [0, 0.05) is 18.9 Å². The molecule has 2 aliphatic rings. The van der Waals surface area contributed by atoms with Crippen LogP contribution < -0.4 is 5.06 Å². The quantitative estimate of drug-likeness (QED) is 0.611. The van der Waals surface area contributed by atoms with Gasteiger partial charge >= 0.3 is 5.97 Å². The van der Waals surface area contributed by atoms with Gasteiger partial charge in [-0.1, -0.05) is 18.2 Å². The second-order valence-corrected chi connectivity index (χ2v) is 6.11. The maximum absolute atomic E-state index is 12.2. The Balaban J connectivity index is 2.14. The van der Waals surface area contributed by atoms with E-state index in [0.29, 0.717) is 0 Å². The minimum Gasteiger partial charge on any atom is -0.467 e. The third-order valence-electron chi connectivity index (χ3n) is 4.34. The minimum absolute atomic E-state index is 0.252. The highest BCUT2D eigenvalue weighted by Gasteiger charge is 2.63. The number of carbonyl (C=O) groups is 2. The predicted octanol–water partition coefficient (Wildman–Crippen LogP) is 1.62. The van der Waals surface area contributed by atoms with E-state index in [1.807, 2.05) is 24.3 Å². The van der Waals surface area contributed by atoms with Crippen molar-refractivity contribution in [3.63, 3.8) is 0 Å². The maximum atomic E-state index is 12.2. The Hall–Kier alpha value is -1.79. The van der Waals surface area contributed by atoms with Gasteiger partial charge in [0.05, 0.1) is 19.9 Å². The van der Waals surface area contributed by atoms with Gasteiger partial charge in [-0.05, 0) is 6.07 Å². The highest BCUT2D eigenvalue weighted by Crippen LogP contribution is 2.56. The van der Waals surface area contributed by atoms with E-state index in [2.05, 4.69) is 0 Å². The van der Waals surface area contributed by atoms with Crippen LogP contribution in [-0.2, 0) is 24.0 Å². The standard InChI is InChI=1S/C15H17ClN2O4/c1-9(19)17-12(13(20)21-2)8-15(16)10-6-4-5-7-11(10)18(22-3)14(15)17/h4-7,12,14H,8H2,1-3H3/t12-,14+,15+/m0/s1.